The monoisotopic (exact) mass is 283 g/mol. The third-order valence-corrected chi connectivity index (χ3v) is 4.70. The fourth-order valence-electron chi connectivity index (χ4n) is 2.80. The van der Waals surface area contributed by atoms with E-state index < -0.39 is 6.04 Å². The van der Waals surface area contributed by atoms with E-state index in [0.29, 0.717) is 12.5 Å². The summed E-state index contributed by atoms with van der Waals surface area (Å²) < 4.78 is 4.93. The van der Waals surface area contributed by atoms with Crippen LogP contribution in [0.1, 0.15) is 48.0 Å². The summed E-state index contributed by atoms with van der Waals surface area (Å²) in [6.07, 6.45) is 0.875. The molecule has 1 saturated heterocycles. The van der Waals surface area contributed by atoms with Gasteiger partial charge in [0.05, 0.1) is 7.11 Å². The zero-order chi connectivity index (χ0) is 15.7. The molecule has 1 heterocycles. The van der Waals surface area contributed by atoms with Crippen molar-refractivity contribution in [1.29, 1.82) is 0 Å². The first kappa shape index (κ1) is 17.0. The van der Waals surface area contributed by atoms with Crippen LogP contribution < -0.4 is 0 Å². The highest BCUT2D eigenvalue weighted by Crippen LogP contribution is 2.35. The molecule has 1 aliphatic heterocycles. The summed E-state index contributed by atoms with van der Waals surface area (Å²) in [7, 11) is 1.40. The number of hydrogen-bond donors (Lipinski definition) is 0. The summed E-state index contributed by atoms with van der Waals surface area (Å²) in [6.45, 7) is 13.0. The molecule has 3 atom stereocenters. The number of rotatable bonds is 3. The molecule has 1 fully saturated rings. The second-order valence-corrected chi connectivity index (χ2v) is 7.28. The standard InChI is InChI=1S/C16H29NO3/c1-10(2)12-8-9-17(13(12)15(19)20-7)14(18)11(3)16(4,5)6/h10-13H,8-9H2,1-7H3/t11-,12-,13+/m1/s1. The summed E-state index contributed by atoms with van der Waals surface area (Å²) in [4.78, 5) is 26.6. The van der Waals surface area contributed by atoms with Crippen LogP contribution in [-0.2, 0) is 14.3 Å². The molecule has 1 amide bonds. The Kier molecular flexibility index (Phi) is 5.22. The van der Waals surface area contributed by atoms with Gasteiger partial charge in [0, 0.05) is 12.5 Å². The van der Waals surface area contributed by atoms with Gasteiger partial charge in [-0.05, 0) is 23.7 Å². The zero-order valence-electron chi connectivity index (χ0n) is 13.9. The number of methoxy groups -OCH3 is 1. The Morgan fingerprint density at radius 3 is 2.15 bits per heavy atom. The topological polar surface area (TPSA) is 46.6 Å². The maximum absolute atomic E-state index is 12.7. The first-order chi connectivity index (χ1) is 9.11. The summed E-state index contributed by atoms with van der Waals surface area (Å²) in [6, 6.07) is -0.419. The van der Waals surface area contributed by atoms with Crippen LogP contribution in [0.15, 0.2) is 0 Å². The van der Waals surface area contributed by atoms with Crippen LogP contribution in [-0.4, -0.2) is 36.5 Å². The molecule has 0 aliphatic carbocycles. The number of likely N-dealkylation sites (tertiary alicyclic amines) is 1. The van der Waals surface area contributed by atoms with Crippen LogP contribution in [0.2, 0.25) is 0 Å². The normalized spacial score (nSPS) is 24.9. The number of carbonyl (C=O) groups excluding carboxylic acids is 2. The van der Waals surface area contributed by atoms with Gasteiger partial charge in [-0.15, -0.1) is 0 Å². The van der Waals surface area contributed by atoms with E-state index in [1.54, 1.807) is 4.90 Å². The lowest BCUT2D eigenvalue weighted by Crippen LogP contribution is -2.48. The van der Waals surface area contributed by atoms with Crippen LogP contribution >= 0.6 is 0 Å². The average molecular weight is 283 g/mol. The van der Waals surface area contributed by atoms with Crippen LogP contribution in [0.3, 0.4) is 0 Å². The van der Waals surface area contributed by atoms with Crippen molar-refractivity contribution >= 4 is 11.9 Å². The molecule has 0 spiro atoms. The second kappa shape index (κ2) is 6.15. The quantitative estimate of drug-likeness (QED) is 0.748. The SMILES string of the molecule is COC(=O)[C@@H]1[C@@H](C(C)C)CCN1C(=O)[C@@H](C)C(C)(C)C. The molecule has 0 aromatic rings. The summed E-state index contributed by atoms with van der Waals surface area (Å²) in [5, 5.41) is 0. The first-order valence-corrected chi connectivity index (χ1v) is 7.49. The molecule has 4 nitrogen and oxygen atoms in total. The van der Waals surface area contributed by atoms with E-state index in [4.69, 9.17) is 4.74 Å². The predicted molar refractivity (Wildman–Crippen MR) is 79.1 cm³/mol. The molecule has 1 aliphatic rings. The molecule has 0 unspecified atom stereocenters. The largest absolute Gasteiger partial charge is 0.467 e. The maximum Gasteiger partial charge on any atom is 0.328 e. The third kappa shape index (κ3) is 3.33. The molecule has 0 N–H and O–H groups in total. The van der Waals surface area contributed by atoms with Crippen LogP contribution in [0.4, 0.5) is 0 Å². The Balaban J connectivity index is 2.99. The van der Waals surface area contributed by atoms with Crippen LogP contribution in [0, 0.1) is 23.2 Å². The Morgan fingerprint density at radius 2 is 1.75 bits per heavy atom. The minimum absolute atomic E-state index is 0.0658. The van der Waals surface area contributed by atoms with Gasteiger partial charge >= 0.3 is 5.97 Å². The van der Waals surface area contributed by atoms with Crippen LogP contribution in [0.25, 0.3) is 0 Å². The Morgan fingerprint density at radius 1 is 1.20 bits per heavy atom. The highest BCUT2D eigenvalue weighted by Gasteiger charge is 2.45. The number of carbonyl (C=O) groups is 2. The number of nitrogens with zero attached hydrogens (tertiary/aromatic N) is 1. The smallest absolute Gasteiger partial charge is 0.328 e. The van der Waals surface area contributed by atoms with Gasteiger partial charge in [-0.25, -0.2) is 4.79 Å². The van der Waals surface area contributed by atoms with Gasteiger partial charge in [-0.3, -0.25) is 4.79 Å². The van der Waals surface area contributed by atoms with Gasteiger partial charge in [0.15, 0.2) is 0 Å². The zero-order valence-corrected chi connectivity index (χ0v) is 13.9. The highest BCUT2D eigenvalue weighted by atomic mass is 16.5. The van der Waals surface area contributed by atoms with Crippen molar-refractivity contribution in [3.8, 4) is 0 Å². The molecular formula is C16H29NO3. The number of ether oxygens (including phenoxy) is 1. The Labute approximate surface area is 122 Å². The lowest BCUT2D eigenvalue weighted by atomic mass is 9.81. The van der Waals surface area contributed by atoms with Gasteiger partial charge in [-0.1, -0.05) is 41.5 Å². The molecule has 0 bridgehead atoms. The van der Waals surface area contributed by atoms with E-state index in [2.05, 4.69) is 34.6 Å². The Hall–Kier alpha value is -1.06. The van der Waals surface area contributed by atoms with E-state index in [1.807, 2.05) is 6.92 Å². The molecule has 20 heavy (non-hydrogen) atoms. The van der Waals surface area contributed by atoms with Gasteiger partial charge in [0.25, 0.3) is 0 Å². The van der Waals surface area contributed by atoms with Crippen molar-refractivity contribution < 1.29 is 14.3 Å². The van der Waals surface area contributed by atoms with E-state index in [9.17, 15) is 9.59 Å². The molecule has 1 rings (SSSR count). The fourth-order valence-corrected chi connectivity index (χ4v) is 2.80. The van der Waals surface area contributed by atoms with E-state index >= 15 is 0 Å². The number of esters is 1. The van der Waals surface area contributed by atoms with Gasteiger partial charge in [-0.2, -0.15) is 0 Å². The summed E-state index contributed by atoms with van der Waals surface area (Å²) >= 11 is 0. The molecule has 4 heteroatoms. The lowest BCUT2D eigenvalue weighted by Gasteiger charge is -2.34. The first-order valence-electron chi connectivity index (χ1n) is 7.49. The Bertz CT molecular complexity index is 370. The van der Waals surface area contributed by atoms with Crippen molar-refractivity contribution in [2.75, 3.05) is 13.7 Å². The molecule has 0 radical (unpaired) electrons. The van der Waals surface area contributed by atoms with E-state index in [0.717, 1.165) is 6.42 Å². The summed E-state index contributed by atoms with van der Waals surface area (Å²) in [5.41, 5.74) is -0.104. The fraction of sp³-hybridized carbons (Fsp3) is 0.875. The minimum Gasteiger partial charge on any atom is -0.467 e. The van der Waals surface area contributed by atoms with Crippen LogP contribution in [0.5, 0.6) is 0 Å². The van der Waals surface area contributed by atoms with Gasteiger partial charge < -0.3 is 9.64 Å². The van der Waals surface area contributed by atoms with Crippen molar-refractivity contribution in [2.45, 2.75) is 54.0 Å². The maximum atomic E-state index is 12.7. The minimum atomic E-state index is -0.419. The van der Waals surface area contributed by atoms with E-state index in [-0.39, 0.29) is 29.1 Å². The lowest BCUT2D eigenvalue weighted by molar-refractivity contribution is -0.155. The highest BCUT2D eigenvalue weighted by molar-refractivity contribution is 5.87. The van der Waals surface area contributed by atoms with Crippen molar-refractivity contribution in [2.24, 2.45) is 23.2 Å². The van der Waals surface area contributed by atoms with Crippen molar-refractivity contribution in [1.82, 2.24) is 4.90 Å². The third-order valence-electron chi connectivity index (χ3n) is 4.70. The summed E-state index contributed by atoms with van der Waals surface area (Å²) in [5.74, 6) is 0.229. The molecular weight excluding hydrogens is 254 g/mol. The average Bonchev–Trinajstić information content (AvgIpc) is 2.79. The molecule has 0 aromatic heterocycles. The molecule has 0 aromatic carbocycles. The van der Waals surface area contributed by atoms with E-state index in [1.165, 1.54) is 7.11 Å². The van der Waals surface area contributed by atoms with Crippen molar-refractivity contribution in [3.05, 3.63) is 0 Å². The molecule has 116 valence electrons. The predicted octanol–water partition coefficient (Wildman–Crippen LogP) is 2.71. The number of amides is 1. The molecule has 0 saturated carbocycles. The number of hydrogen-bond acceptors (Lipinski definition) is 3. The van der Waals surface area contributed by atoms with Gasteiger partial charge in [0.1, 0.15) is 6.04 Å². The second-order valence-electron chi connectivity index (χ2n) is 7.28. The van der Waals surface area contributed by atoms with Gasteiger partial charge in [0.2, 0.25) is 5.91 Å². The van der Waals surface area contributed by atoms with Crippen molar-refractivity contribution in [3.63, 3.8) is 0 Å².